The molecule has 1 fully saturated rings. The lowest BCUT2D eigenvalue weighted by atomic mass is 10.1. The van der Waals surface area contributed by atoms with Crippen LogP contribution in [0.5, 0.6) is 0 Å². The van der Waals surface area contributed by atoms with E-state index in [1.54, 1.807) is 19.1 Å². The molecule has 1 N–H and O–H groups in total. The first-order valence-electron chi connectivity index (χ1n) is 5.80. The van der Waals surface area contributed by atoms with Crippen molar-refractivity contribution in [3.05, 3.63) is 29.6 Å². The van der Waals surface area contributed by atoms with Crippen LogP contribution in [0.15, 0.2) is 18.2 Å². The van der Waals surface area contributed by atoms with Crippen molar-refractivity contribution in [3.8, 4) is 0 Å². The molecule has 1 aromatic carbocycles. The van der Waals surface area contributed by atoms with Crippen LogP contribution in [0.2, 0.25) is 0 Å². The van der Waals surface area contributed by atoms with Crippen molar-refractivity contribution in [2.75, 3.05) is 18.0 Å². The highest BCUT2D eigenvalue weighted by Crippen LogP contribution is 2.28. The zero-order valence-electron chi connectivity index (χ0n) is 9.78. The van der Waals surface area contributed by atoms with E-state index in [1.807, 2.05) is 0 Å². The average Bonchev–Trinajstić information content (AvgIpc) is 2.64. The Morgan fingerprint density at radius 2 is 2.25 bits per heavy atom. The molecule has 0 saturated carbocycles. The summed E-state index contributed by atoms with van der Waals surface area (Å²) in [6, 6.07) is 5.00. The van der Waals surface area contributed by atoms with Gasteiger partial charge >= 0.3 is 0 Å². The van der Waals surface area contributed by atoms with Gasteiger partial charge in [-0.2, -0.15) is 0 Å². The van der Waals surface area contributed by atoms with Gasteiger partial charge in [-0.25, -0.2) is 4.39 Å². The topological polar surface area (TPSA) is 23.5 Å². The van der Waals surface area contributed by atoms with Gasteiger partial charge in [-0.05, 0) is 37.0 Å². The van der Waals surface area contributed by atoms with Gasteiger partial charge in [0.1, 0.15) is 5.82 Å². The van der Waals surface area contributed by atoms with E-state index >= 15 is 0 Å². The van der Waals surface area contributed by atoms with Gasteiger partial charge in [0.05, 0.1) is 11.8 Å². The molecular formula is C13H18FNO. The molecule has 1 unspecified atom stereocenters. The Balaban J connectivity index is 2.22. The van der Waals surface area contributed by atoms with Gasteiger partial charge < -0.3 is 10.0 Å². The molecular weight excluding hydrogens is 205 g/mol. The summed E-state index contributed by atoms with van der Waals surface area (Å²) in [7, 11) is 0. The van der Waals surface area contributed by atoms with Crippen molar-refractivity contribution < 1.29 is 9.50 Å². The number of nitrogens with zero attached hydrogens (tertiary/aromatic N) is 1. The lowest BCUT2D eigenvalue weighted by Gasteiger charge is -2.19. The van der Waals surface area contributed by atoms with E-state index in [1.165, 1.54) is 6.07 Å². The van der Waals surface area contributed by atoms with Crippen LogP contribution >= 0.6 is 0 Å². The Morgan fingerprint density at radius 3 is 2.75 bits per heavy atom. The minimum absolute atomic E-state index is 0.229. The van der Waals surface area contributed by atoms with E-state index < -0.39 is 6.10 Å². The number of aliphatic hydroxyl groups is 1. The smallest absolute Gasteiger partial charge is 0.146 e. The number of anilines is 1. The molecule has 0 aliphatic carbocycles. The number of benzene rings is 1. The quantitative estimate of drug-likeness (QED) is 0.833. The Labute approximate surface area is 95.7 Å². The summed E-state index contributed by atoms with van der Waals surface area (Å²) in [6.45, 7) is 5.67. The summed E-state index contributed by atoms with van der Waals surface area (Å²) in [5, 5.41) is 9.37. The van der Waals surface area contributed by atoms with Gasteiger partial charge in [0, 0.05) is 13.1 Å². The van der Waals surface area contributed by atoms with Crippen molar-refractivity contribution in [2.24, 2.45) is 5.92 Å². The maximum Gasteiger partial charge on any atom is 0.146 e. The third kappa shape index (κ3) is 2.19. The molecule has 0 amide bonds. The molecule has 2 nitrogen and oxygen atoms in total. The molecule has 1 aliphatic rings. The van der Waals surface area contributed by atoms with Crippen molar-refractivity contribution in [1.29, 1.82) is 0 Å². The van der Waals surface area contributed by atoms with Gasteiger partial charge in [0.2, 0.25) is 0 Å². The van der Waals surface area contributed by atoms with E-state index in [0.717, 1.165) is 19.5 Å². The van der Waals surface area contributed by atoms with Gasteiger partial charge in [-0.1, -0.05) is 13.0 Å². The summed E-state index contributed by atoms with van der Waals surface area (Å²) in [5.41, 5.74) is 1.29. The third-order valence-electron chi connectivity index (χ3n) is 3.22. The number of aliphatic hydroxyl groups excluding tert-OH is 1. The number of halogens is 1. The standard InChI is InChI=1S/C13H18FNO/c1-9-5-6-15(8-9)13-4-3-11(10(2)16)7-12(13)14/h3-4,7,9-10,16H,5-6,8H2,1-2H3/t9?,10-/m1/s1. The normalized spacial score (nSPS) is 22.5. The minimum Gasteiger partial charge on any atom is -0.389 e. The maximum absolute atomic E-state index is 13.8. The molecule has 2 atom stereocenters. The van der Waals surface area contributed by atoms with Crippen LogP contribution in [-0.2, 0) is 0 Å². The lowest BCUT2D eigenvalue weighted by Crippen LogP contribution is -2.20. The number of rotatable bonds is 2. The molecule has 1 saturated heterocycles. The SMILES string of the molecule is CC1CCN(c2ccc([C@@H](C)O)cc2F)C1. The summed E-state index contributed by atoms with van der Waals surface area (Å²) in [4.78, 5) is 2.08. The molecule has 0 aromatic heterocycles. The lowest BCUT2D eigenvalue weighted by molar-refractivity contribution is 0.199. The molecule has 3 heteroatoms. The monoisotopic (exact) mass is 223 g/mol. The molecule has 2 rings (SSSR count). The minimum atomic E-state index is -0.610. The maximum atomic E-state index is 13.8. The zero-order valence-corrected chi connectivity index (χ0v) is 9.78. The van der Waals surface area contributed by atoms with Gasteiger partial charge in [0.15, 0.2) is 0 Å². The summed E-state index contributed by atoms with van der Waals surface area (Å²) in [6.07, 6.45) is 0.512. The zero-order chi connectivity index (χ0) is 11.7. The summed E-state index contributed by atoms with van der Waals surface area (Å²) < 4.78 is 13.8. The van der Waals surface area contributed by atoms with Crippen LogP contribution in [0.4, 0.5) is 10.1 Å². The van der Waals surface area contributed by atoms with E-state index in [2.05, 4.69) is 11.8 Å². The molecule has 1 aliphatic heterocycles. The highest BCUT2D eigenvalue weighted by Gasteiger charge is 2.21. The number of hydrogen-bond donors (Lipinski definition) is 1. The Morgan fingerprint density at radius 1 is 1.50 bits per heavy atom. The fourth-order valence-electron chi connectivity index (χ4n) is 2.19. The first kappa shape index (κ1) is 11.4. The molecule has 88 valence electrons. The molecule has 0 spiro atoms. The van der Waals surface area contributed by atoms with Gasteiger partial charge in [0.25, 0.3) is 0 Å². The Bertz CT molecular complexity index is 378. The second-order valence-corrected chi connectivity index (χ2v) is 4.73. The van der Waals surface area contributed by atoms with Gasteiger partial charge in [-0.15, -0.1) is 0 Å². The fourth-order valence-corrected chi connectivity index (χ4v) is 2.19. The van der Waals surface area contributed by atoms with E-state index in [4.69, 9.17) is 0 Å². The van der Waals surface area contributed by atoms with E-state index in [0.29, 0.717) is 17.2 Å². The molecule has 0 radical (unpaired) electrons. The van der Waals surface area contributed by atoms with Crippen LogP contribution in [0.3, 0.4) is 0 Å². The Hall–Kier alpha value is -1.09. The highest BCUT2D eigenvalue weighted by atomic mass is 19.1. The van der Waals surface area contributed by atoms with Crippen LogP contribution in [0.1, 0.15) is 31.9 Å². The Kier molecular flexibility index (Phi) is 3.15. The van der Waals surface area contributed by atoms with E-state index in [-0.39, 0.29) is 5.82 Å². The molecule has 16 heavy (non-hydrogen) atoms. The molecule has 0 bridgehead atoms. The molecule has 1 aromatic rings. The van der Waals surface area contributed by atoms with Crippen LogP contribution < -0.4 is 4.90 Å². The number of hydrogen-bond acceptors (Lipinski definition) is 2. The fraction of sp³-hybridized carbons (Fsp3) is 0.538. The predicted octanol–water partition coefficient (Wildman–Crippen LogP) is 2.73. The van der Waals surface area contributed by atoms with Crippen LogP contribution in [0.25, 0.3) is 0 Å². The largest absolute Gasteiger partial charge is 0.389 e. The van der Waals surface area contributed by atoms with Crippen LogP contribution in [-0.4, -0.2) is 18.2 Å². The van der Waals surface area contributed by atoms with Crippen molar-refractivity contribution >= 4 is 5.69 Å². The first-order valence-corrected chi connectivity index (χ1v) is 5.80. The van der Waals surface area contributed by atoms with Gasteiger partial charge in [-0.3, -0.25) is 0 Å². The third-order valence-corrected chi connectivity index (χ3v) is 3.22. The van der Waals surface area contributed by atoms with E-state index in [9.17, 15) is 9.50 Å². The summed E-state index contributed by atoms with van der Waals surface area (Å²) in [5.74, 6) is 0.406. The molecule has 1 heterocycles. The summed E-state index contributed by atoms with van der Waals surface area (Å²) >= 11 is 0. The predicted molar refractivity (Wildman–Crippen MR) is 63.0 cm³/mol. The second-order valence-electron chi connectivity index (χ2n) is 4.73. The first-order chi connectivity index (χ1) is 7.58. The van der Waals surface area contributed by atoms with Crippen molar-refractivity contribution in [3.63, 3.8) is 0 Å². The highest BCUT2D eigenvalue weighted by molar-refractivity contribution is 5.50. The van der Waals surface area contributed by atoms with Crippen molar-refractivity contribution in [2.45, 2.75) is 26.4 Å². The average molecular weight is 223 g/mol. The van der Waals surface area contributed by atoms with Crippen LogP contribution in [0, 0.1) is 11.7 Å². The second kappa shape index (κ2) is 4.42. The van der Waals surface area contributed by atoms with Crippen molar-refractivity contribution in [1.82, 2.24) is 0 Å².